The normalized spacial score (nSPS) is 10.8. The van der Waals surface area contributed by atoms with Crippen molar-refractivity contribution >= 4 is 23.2 Å². The van der Waals surface area contributed by atoms with E-state index in [2.05, 4.69) is 38.3 Å². The van der Waals surface area contributed by atoms with Crippen molar-refractivity contribution in [3.63, 3.8) is 0 Å². The predicted octanol–water partition coefficient (Wildman–Crippen LogP) is 6.26. The van der Waals surface area contributed by atoms with E-state index in [0.717, 1.165) is 11.5 Å². The fraction of sp³-hybridized carbons (Fsp3) is 0.286. The molecule has 0 saturated heterocycles. The van der Waals surface area contributed by atoms with Crippen molar-refractivity contribution in [1.82, 2.24) is 0 Å². The maximum atomic E-state index is 12.5. The highest BCUT2D eigenvalue weighted by Crippen LogP contribution is 2.19. The van der Waals surface area contributed by atoms with E-state index in [1.54, 1.807) is 72.8 Å². The summed E-state index contributed by atoms with van der Waals surface area (Å²) >= 11 is 0. The number of benzene rings is 3. The molecule has 3 rings (SSSR count). The molecule has 0 aromatic heterocycles. The van der Waals surface area contributed by atoms with Gasteiger partial charge in [0.25, 0.3) is 11.8 Å². The lowest BCUT2D eigenvalue weighted by molar-refractivity contribution is 0.101. The van der Waals surface area contributed by atoms with Gasteiger partial charge in [0, 0.05) is 22.5 Å². The van der Waals surface area contributed by atoms with Crippen molar-refractivity contribution in [2.45, 2.75) is 27.7 Å². The SMILES string of the molecule is CC(C)COc1ccc(C(=O)Nc2ccc(NC(=O)c3ccc(OCC(C)C)cc3)cc2)cc1. The molecule has 6 nitrogen and oxygen atoms in total. The number of hydrogen-bond acceptors (Lipinski definition) is 4. The van der Waals surface area contributed by atoms with E-state index in [9.17, 15) is 9.59 Å². The van der Waals surface area contributed by atoms with Crippen LogP contribution >= 0.6 is 0 Å². The molecule has 0 aliphatic heterocycles. The van der Waals surface area contributed by atoms with E-state index in [4.69, 9.17) is 9.47 Å². The molecule has 3 aromatic carbocycles. The lowest BCUT2D eigenvalue weighted by Crippen LogP contribution is -2.13. The summed E-state index contributed by atoms with van der Waals surface area (Å²) in [5, 5.41) is 5.72. The van der Waals surface area contributed by atoms with Gasteiger partial charge in [0.05, 0.1) is 13.2 Å². The zero-order valence-electron chi connectivity index (χ0n) is 20.1. The van der Waals surface area contributed by atoms with Crippen LogP contribution in [0.1, 0.15) is 48.4 Å². The summed E-state index contributed by atoms with van der Waals surface area (Å²) in [6.07, 6.45) is 0. The largest absolute Gasteiger partial charge is 0.493 e. The quantitative estimate of drug-likeness (QED) is 0.374. The van der Waals surface area contributed by atoms with E-state index in [0.29, 0.717) is 47.6 Å². The minimum absolute atomic E-state index is 0.216. The van der Waals surface area contributed by atoms with Crippen molar-refractivity contribution in [2.75, 3.05) is 23.8 Å². The second-order valence-electron chi connectivity index (χ2n) is 8.94. The maximum absolute atomic E-state index is 12.5. The van der Waals surface area contributed by atoms with Crippen LogP contribution < -0.4 is 20.1 Å². The van der Waals surface area contributed by atoms with Gasteiger partial charge in [-0.3, -0.25) is 9.59 Å². The Bertz CT molecular complexity index is 984. The lowest BCUT2D eigenvalue weighted by atomic mass is 10.2. The van der Waals surface area contributed by atoms with Crippen LogP contribution in [-0.2, 0) is 0 Å². The second-order valence-corrected chi connectivity index (χ2v) is 8.94. The third kappa shape index (κ3) is 7.66. The molecule has 0 fully saturated rings. The molecule has 0 saturated carbocycles. The van der Waals surface area contributed by atoms with Crippen LogP contribution in [0.15, 0.2) is 72.8 Å². The summed E-state index contributed by atoms with van der Waals surface area (Å²) in [6, 6.07) is 21.1. The summed E-state index contributed by atoms with van der Waals surface area (Å²) in [5.74, 6) is 1.92. The van der Waals surface area contributed by atoms with Crippen LogP contribution in [0.3, 0.4) is 0 Å². The van der Waals surface area contributed by atoms with Crippen LogP contribution in [0.25, 0.3) is 0 Å². The van der Waals surface area contributed by atoms with Crippen molar-refractivity contribution in [2.24, 2.45) is 11.8 Å². The summed E-state index contributed by atoms with van der Waals surface area (Å²) in [6.45, 7) is 9.60. The van der Waals surface area contributed by atoms with Gasteiger partial charge in [0.15, 0.2) is 0 Å². The van der Waals surface area contributed by atoms with Gasteiger partial charge < -0.3 is 20.1 Å². The first-order chi connectivity index (χ1) is 16.3. The Hall–Kier alpha value is -3.80. The van der Waals surface area contributed by atoms with Crippen molar-refractivity contribution in [1.29, 1.82) is 0 Å². The van der Waals surface area contributed by atoms with Crippen molar-refractivity contribution < 1.29 is 19.1 Å². The maximum Gasteiger partial charge on any atom is 0.255 e. The molecule has 0 atom stereocenters. The lowest BCUT2D eigenvalue weighted by Gasteiger charge is -2.11. The molecule has 178 valence electrons. The van der Waals surface area contributed by atoms with Gasteiger partial charge in [0.2, 0.25) is 0 Å². The predicted molar refractivity (Wildman–Crippen MR) is 136 cm³/mol. The summed E-state index contributed by atoms with van der Waals surface area (Å²) in [7, 11) is 0. The van der Waals surface area contributed by atoms with Gasteiger partial charge in [-0.25, -0.2) is 0 Å². The van der Waals surface area contributed by atoms with Gasteiger partial charge >= 0.3 is 0 Å². The zero-order chi connectivity index (χ0) is 24.5. The number of nitrogens with one attached hydrogen (secondary N) is 2. The van der Waals surface area contributed by atoms with Crippen molar-refractivity contribution in [3.8, 4) is 11.5 Å². The summed E-state index contributed by atoms with van der Waals surface area (Å²) in [5.41, 5.74) is 2.34. The number of carbonyl (C=O) groups is 2. The van der Waals surface area contributed by atoms with Gasteiger partial charge in [-0.05, 0) is 84.6 Å². The van der Waals surface area contributed by atoms with E-state index in [1.165, 1.54) is 0 Å². The molecule has 2 amide bonds. The molecular formula is C28H32N2O4. The van der Waals surface area contributed by atoms with Crippen LogP contribution in [0, 0.1) is 11.8 Å². The second kappa shape index (κ2) is 11.9. The Labute approximate surface area is 201 Å². The average molecular weight is 461 g/mol. The molecule has 0 heterocycles. The van der Waals surface area contributed by atoms with E-state index in [-0.39, 0.29) is 11.8 Å². The molecule has 6 heteroatoms. The van der Waals surface area contributed by atoms with Gasteiger partial charge in [-0.15, -0.1) is 0 Å². The standard InChI is InChI=1S/C28H32N2O4/c1-19(2)17-33-25-13-5-21(6-14-25)27(31)29-23-9-11-24(12-10-23)30-28(32)22-7-15-26(16-8-22)34-18-20(3)4/h5-16,19-20H,17-18H2,1-4H3,(H,29,31)(H,30,32). The van der Waals surface area contributed by atoms with Gasteiger partial charge in [0.1, 0.15) is 11.5 Å². The molecule has 34 heavy (non-hydrogen) atoms. The van der Waals surface area contributed by atoms with Crippen LogP contribution in [-0.4, -0.2) is 25.0 Å². The Morgan fingerprint density at radius 2 is 0.912 bits per heavy atom. The van der Waals surface area contributed by atoms with Crippen molar-refractivity contribution in [3.05, 3.63) is 83.9 Å². The number of ether oxygens (including phenoxy) is 2. The summed E-state index contributed by atoms with van der Waals surface area (Å²) < 4.78 is 11.3. The minimum Gasteiger partial charge on any atom is -0.493 e. The molecule has 0 radical (unpaired) electrons. The molecule has 0 unspecified atom stereocenters. The number of amides is 2. The van der Waals surface area contributed by atoms with Gasteiger partial charge in [-0.1, -0.05) is 27.7 Å². The smallest absolute Gasteiger partial charge is 0.255 e. The van der Waals surface area contributed by atoms with E-state index in [1.807, 2.05) is 0 Å². The highest BCUT2D eigenvalue weighted by atomic mass is 16.5. The first-order valence-corrected chi connectivity index (χ1v) is 11.5. The van der Waals surface area contributed by atoms with Crippen LogP contribution in [0.2, 0.25) is 0 Å². The first-order valence-electron chi connectivity index (χ1n) is 11.5. The topological polar surface area (TPSA) is 76.7 Å². The highest BCUT2D eigenvalue weighted by Gasteiger charge is 2.09. The van der Waals surface area contributed by atoms with E-state index >= 15 is 0 Å². The average Bonchev–Trinajstić information content (AvgIpc) is 2.83. The van der Waals surface area contributed by atoms with Crippen LogP contribution in [0.4, 0.5) is 11.4 Å². The third-order valence-corrected chi connectivity index (χ3v) is 4.80. The molecule has 2 N–H and O–H groups in total. The minimum atomic E-state index is -0.216. The Morgan fingerprint density at radius 3 is 1.21 bits per heavy atom. The van der Waals surface area contributed by atoms with Gasteiger partial charge in [-0.2, -0.15) is 0 Å². The number of anilines is 2. The fourth-order valence-electron chi connectivity index (χ4n) is 2.97. The zero-order valence-corrected chi connectivity index (χ0v) is 20.1. The Kier molecular flexibility index (Phi) is 8.68. The highest BCUT2D eigenvalue weighted by molar-refractivity contribution is 6.05. The molecular weight excluding hydrogens is 428 g/mol. The summed E-state index contributed by atoms with van der Waals surface area (Å²) in [4.78, 5) is 25.0. The monoisotopic (exact) mass is 460 g/mol. The molecule has 0 spiro atoms. The Balaban J connectivity index is 1.52. The third-order valence-electron chi connectivity index (χ3n) is 4.80. The Morgan fingerprint density at radius 1 is 0.588 bits per heavy atom. The molecule has 0 aliphatic carbocycles. The first kappa shape index (κ1) is 24.8. The molecule has 3 aromatic rings. The number of hydrogen-bond donors (Lipinski definition) is 2. The fourth-order valence-corrected chi connectivity index (χ4v) is 2.97. The molecule has 0 bridgehead atoms. The number of carbonyl (C=O) groups excluding carboxylic acids is 2. The van der Waals surface area contributed by atoms with E-state index < -0.39 is 0 Å². The van der Waals surface area contributed by atoms with Crippen LogP contribution in [0.5, 0.6) is 11.5 Å². The number of rotatable bonds is 10. The molecule has 0 aliphatic rings.